The molecule has 2 aliphatic heterocycles. The van der Waals surface area contributed by atoms with Gasteiger partial charge in [0.2, 0.25) is 0 Å². The van der Waals surface area contributed by atoms with E-state index in [1.165, 1.54) is 11.3 Å². The topological polar surface area (TPSA) is 100.0 Å². The molecule has 1 N–H and O–H groups in total. The minimum absolute atomic E-state index is 0.229. The van der Waals surface area contributed by atoms with E-state index in [4.69, 9.17) is 19.4 Å². The van der Waals surface area contributed by atoms with E-state index in [0.29, 0.717) is 39.3 Å². The summed E-state index contributed by atoms with van der Waals surface area (Å²) in [7, 11) is 0. The van der Waals surface area contributed by atoms with Gasteiger partial charge in [0, 0.05) is 32.0 Å². The van der Waals surface area contributed by atoms with Crippen LogP contribution in [0.3, 0.4) is 0 Å². The fraction of sp³-hybridized carbons (Fsp3) is 0.500. The Morgan fingerprint density at radius 3 is 2.86 bits per heavy atom. The fourth-order valence-electron chi connectivity index (χ4n) is 4.08. The van der Waals surface area contributed by atoms with Crippen molar-refractivity contribution in [2.75, 3.05) is 37.9 Å². The lowest BCUT2D eigenvalue weighted by Gasteiger charge is -2.36. The number of nitriles is 1. The minimum atomic E-state index is -0.616. The number of ether oxygens (including phenoxy) is 2. The Balaban J connectivity index is 1.70. The lowest BCUT2D eigenvalue weighted by Crippen LogP contribution is -2.44. The standard InChI is InChI=1S/C20H22N6O2S/c1-13-11-28-9-6-26(13)15-10-16(20(12-21)3-7-27-8-4-20)23-19-17(15)24-18(29-19)14-2-5-22-25-14/h2,5,10,13H,3-4,6-9,11H2,1H3,(H,22,25)/t13-/m1/s1. The van der Waals surface area contributed by atoms with E-state index in [1.54, 1.807) is 6.20 Å². The van der Waals surface area contributed by atoms with Crippen molar-refractivity contribution >= 4 is 27.4 Å². The van der Waals surface area contributed by atoms with Crippen LogP contribution < -0.4 is 4.90 Å². The molecular weight excluding hydrogens is 388 g/mol. The average molecular weight is 411 g/mol. The zero-order chi connectivity index (χ0) is 19.8. The van der Waals surface area contributed by atoms with Crippen LogP contribution in [0, 0.1) is 11.3 Å². The average Bonchev–Trinajstić information content (AvgIpc) is 3.43. The molecule has 3 aromatic heterocycles. The van der Waals surface area contributed by atoms with Crippen molar-refractivity contribution < 1.29 is 9.47 Å². The Kier molecular flexibility index (Phi) is 4.70. The first kappa shape index (κ1) is 18.5. The van der Waals surface area contributed by atoms with E-state index < -0.39 is 5.41 Å². The molecular formula is C20H22N6O2S. The van der Waals surface area contributed by atoms with Gasteiger partial charge in [-0.15, -0.1) is 0 Å². The van der Waals surface area contributed by atoms with Crippen molar-refractivity contribution in [2.45, 2.75) is 31.2 Å². The second-order valence-electron chi connectivity index (χ2n) is 7.59. The maximum Gasteiger partial charge on any atom is 0.146 e. The summed E-state index contributed by atoms with van der Waals surface area (Å²) in [6, 6.07) is 6.77. The number of pyridine rings is 1. The van der Waals surface area contributed by atoms with Gasteiger partial charge in [-0.3, -0.25) is 5.10 Å². The van der Waals surface area contributed by atoms with Gasteiger partial charge in [0.25, 0.3) is 0 Å². The summed E-state index contributed by atoms with van der Waals surface area (Å²) in [6.45, 7) is 5.46. The Morgan fingerprint density at radius 2 is 2.14 bits per heavy atom. The number of fused-ring (bicyclic) bond motifs is 1. The molecule has 5 heterocycles. The Bertz CT molecular complexity index is 1050. The van der Waals surface area contributed by atoms with Crippen LogP contribution in [0.5, 0.6) is 0 Å². The molecule has 150 valence electrons. The van der Waals surface area contributed by atoms with E-state index >= 15 is 0 Å². The summed E-state index contributed by atoms with van der Waals surface area (Å²) in [5.41, 5.74) is 2.98. The smallest absolute Gasteiger partial charge is 0.146 e. The summed E-state index contributed by atoms with van der Waals surface area (Å²) < 4.78 is 11.2. The third-order valence-corrected chi connectivity index (χ3v) is 6.79. The van der Waals surface area contributed by atoms with Crippen LogP contribution in [0.15, 0.2) is 18.3 Å². The number of aromatic nitrogens is 4. The zero-order valence-corrected chi connectivity index (χ0v) is 17.0. The molecule has 9 heteroatoms. The van der Waals surface area contributed by atoms with Crippen LogP contribution in [-0.4, -0.2) is 59.2 Å². The molecule has 2 saturated heterocycles. The number of thiazole rings is 1. The number of hydrogen-bond donors (Lipinski definition) is 1. The molecule has 8 nitrogen and oxygen atoms in total. The normalized spacial score (nSPS) is 21.9. The number of nitrogens with zero attached hydrogens (tertiary/aromatic N) is 5. The molecule has 3 aromatic rings. The van der Waals surface area contributed by atoms with Gasteiger partial charge in [-0.1, -0.05) is 11.3 Å². The molecule has 1 atom stereocenters. The van der Waals surface area contributed by atoms with Crippen molar-refractivity contribution in [3.63, 3.8) is 0 Å². The van der Waals surface area contributed by atoms with E-state index in [-0.39, 0.29) is 6.04 Å². The first-order valence-corrected chi connectivity index (χ1v) is 10.7. The highest BCUT2D eigenvalue weighted by Gasteiger charge is 2.38. The maximum atomic E-state index is 10.1. The van der Waals surface area contributed by atoms with Crippen LogP contribution in [0.25, 0.3) is 21.0 Å². The Morgan fingerprint density at radius 1 is 1.28 bits per heavy atom. The third kappa shape index (κ3) is 3.17. The van der Waals surface area contributed by atoms with Crippen LogP contribution in [0.1, 0.15) is 25.5 Å². The molecule has 0 unspecified atom stereocenters. The summed E-state index contributed by atoms with van der Waals surface area (Å²) >= 11 is 1.53. The summed E-state index contributed by atoms with van der Waals surface area (Å²) in [4.78, 5) is 13.0. The van der Waals surface area contributed by atoms with Gasteiger partial charge in [-0.2, -0.15) is 10.4 Å². The SMILES string of the molecule is C[C@@H]1COCCN1c1cc(C2(C#N)CCOCC2)nc2sc(-c3ccn[nH]3)nc12. The predicted molar refractivity (Wildman–Crippen MR) is 110 cm³/mol. The lowest BCUT2D eigenvalue weighted by atomic mass is 9.78. The van der Waals surface area contributed by atoms with E-state index in [2.05, 4.69) is 34.2 Å². The molecule has 0 spiro atoms. The van der Waals surface area contributed by atoms with Gasteiger partial charge in [0.15, 0.2) is 0 Å². The molecule has 5 rings (SSSR count). The van der Waals surface area contributed by atoms with Gasteiger partial charge < -0.3 is 14.4 Å². The van der Waals surface area contributed by atoms with Crippen molar-refractivity contribution in [1.29, 1.82) is 5.26 Å². The van der Waals surface area contributed by atoms with Crippen LogP contribution in [0.2, 0.25) is 0 Å². The van der Waals surface area contributed by atoms with Crippen molar-refractivity contribution in [2.24, 2.45) is 0 Å². The minimum Gasteiger partial charge on any atom is -0.381 e. The van der Waals surface area contributed by atoms with Gasteiger partial charge >= 0.3 is 0 Å². The van der Waals surface area contributed by atoms with E-state index in [0.717, 1.165) is 39.0 Å². The number of rotatable bonds is 3. The number of anilines is 1. The molecule has 0 saturated carbocycles. The molecule has 0 radical (unpaired) electrons. The monoisotopic (exact) mass is 410 g/mol. The van der Waals surface area contributed by atoms with Gasteiger partial charge in [0.1, 0.15) is 20.8 Å². The number of aromatic amines is 1. The predicted octanol–water partition coefficient (Wildman–Crippen LogP) is 2.88. The van der Waals surface area contributed by atoms with Gasteiger partial charge in [0.05, 0.1) is 36.4 Å². The van der Waals surface area contributed by atoms with Crippen LogP contribution in [0.4, 0.5) is 5.69 Å². The number of H-pyrrole nitrogens is 1. The Hall–Kier alpha value is -2.54. The summed E-state index contributed by atoms with van der Waals surface area (Å²) in [6.07, 6.45) is 3.04. The quantitative estimate of drug-likeness (QED) is 0.709. The fourth-order valence-corrected chi connectivity index (χ4v) is 5.01. The first-order chi connectivity index (χ1) is 14.2. The second-order valence-corrected chi connectivity index (χ2v) is 8.57. The molecule has 2 aliphatic rings. The maximum absolute atomic E-state index is 10.1. The zero-order valence-electron chi connectivity index (χ0n) is 16.2. The molecule has 2 fully saturated rings. The molecule has 0 aliphatic carbocycles. The highest BCUT2D eigenvalue weighted by Crippen LogP contribution is 2.40. The van der Waals surface area contributed by atoms with Gasteiger partial charge in [-0.25, -0.2) is 9.97 Å². The largest absolute Gasteiger partial charge is 0.381 e. The highest BCUT2D eigenvalue weighted by atomic mass is 32.1. The second kappa shape index (κ2) is 7.37. The number of morpholine rings is 1. The van der Waals surface area contributed by atoms with Crippen LogP contribution >= 0.6 is 11.3 Å². The Labute approximate surface area is 172 Å². The first-order valence-electron chi connectivity index (χ1n) is 9.85. The van der Waals surface area contributed by atoms with Crippen molar-refractivity contribution in [1.82, 2.24) is 20.2 Å². The summed E-state index contributed by atoms with van der Waals surface area (Å²) in [5, 5.41) is 18.0. The number of nitrogens with one attached hydrogen (secondary N) is 1. The van der Waals surface area contributed by atoms with E-state index in [1.807, 2.05) is 6.07 Å². The third-order valence-electron chi connectivity index (χ3n) is 5.81. The van der Waals surface area contributed by atoms with Crippen LogP contribution in [-0.2, 0) is 14.9 Å². The highest BCUT2D eigenvalue weighted by molar-refractivity contribution is 7.21. The van der Waals surface area contributed by atoms with Gasteiger partial charge in [-0.05, 0) is 31.9 Å². The molecule has 0 bridgehead atoms. The molecule has 0 amide bonds. The number of hydrogen-bond acceptors (Lipinski definition) is 8. The van der Waals surface area contributed by atoms with Crippen molar-refractivity contribution in [3.05, 3.63) is 24.0 Å². The molecule has 0 aromatic carbocycles. The molecule has 29 heavy (non-hydrogen) atoms. The summed E-state index contributed by atoms with van der Waals surface area (Å²) in [5.74, 6) is 0. The van der Waals surface area contributed by atoms with Crippen molar-refractivity contribution in [3.8, 4) is 16.8 Å². The lowest BCUT2D eigenvalue weighted by molar-refractivity contribution is 0.0664. The van der Waals surface area contributed by atoms with E-state index in [9.17, 15) is 5.26 Å².